The van der Waals surface area contributed by atoms with Crippen LogP contribution in [0.15, 0.2) is 41.0 Å². The van der Waals surface area contributed by atoms with E-state index in [1.54, 1.807) is 6.20 Å². The number of nitrogens with one attached hydrogen (secondary N) is 1. The first-order valence-electron chi connectivity index (χ1n) is 6.28. The molecule has 0 atom stereocenters. The van der Waals surface area contributed by atoms with E-state index in [1.165, 1.54) is 18.2 Å². The van der Waals surface area contributed by atoms with Gasteiger partial charge in [0.1, 0.15) is 5.82 Å². The van der Waals surface area contributed by atoms with Crippen molar-refractivity contribution in [3.63, 3.8) is 0 Å². The van der Waals surface area contributed by atoms with Crippen LogP contribution in [0.25, 0.3) is 0 Å². The first-order valence-corrected chi connectivity index (χ1v) is 7.07. The molecule has 1 amide bonds. The number of amides is 1. The monoisotopic (exact) mass is 336 g/mol. The minimum Gasteiger partial charge on any atom is -0.346 e. The van der Waals surface area contributed by atoms with E-state index in [9.17, 15) is 9.18 Å². The number of pyridine rings is 1. The largest absolute Gasteiger partial charge is 0.346 e. The average molecular weight is 337 g/mol. The average Bonchev–Trinajstić information content (AvgIpc) is 2.45. The van der Waals surface area contributed by atoms with Gasteiger partial charge in [0.2, 0.25) is 0 Å². The third-order valence-corrected chi connectivity index (χ3v) is 3.61. The highest BCUT2D eigenvalue weighted by molar-refractivity contribution is 9.10. The molecule has 2 rings (SSSR count). The van der Waals surface area contributed by atoms with Gasteiger partial charge in [0.25, 0.3) is 5.91 Å². The van der Waals surface area contributed by atoms with Crippen molar-refractivity contribution >= 4 is 21.8 Å². The zero-order chi connectivity index (χ0) is 14.5. The van der Waals surface area contributed by atoms with Gasteiger partial charge in [-0.05, 0) is 52.2 Å². The number of aromatic nitrogens is 1. The maximum absolute atomic E-state index is 13.0. The summed E-state index contributed by atoms with van der Waals surface area (Å²) in [5.41, 5.74) is 2.35. The molecule has 5 heteroatoms. The predicted octanol–water partition coefficient (Wildman–Crippen LogP) is 3.48. The summed E-state index contributed by atoms with van der Waals surface area (Å²) in [7, 11) is 0. The fourth-order valence-corrected chi connectivity index (χ4v) is 2.42. The normalized spacial score (nSPS) is 10.3. The number of aryl methyl sites for hydroxylation is 1. The van der Waals surface area contributed by atoms with E-state index in [0.29, 0.717) is 16.6 Å². The van der Waals surface area contributed by atoms with Crippen molar-refractivity contribution in [2.24, 2.45) is 0 Å². The zero-order valence-electron chi connectivity index (χ0n) is 11.0. The Morgan fingerprint density at radius 2 is 2.20 bits per heavy atom. The van der Waals surface area contributed by atoms with Crippen LogP contribution in [0, 0.1) is 5.82 Å². The van der Waals surface area contributed by atoms with Crippen LogP contribution in [0.1, 0.15) is 28.5 Å². The van der Waals surface area contributed by atoms with Crippen LogP contribution >= 0.6 is 15.9 Å². The highest BCUT2D eigenvalue weighted by atomic mass is 79.9. The molecule has 0 saturated carbocycles. The van der Waals surface area contributed by atoms with Crippen LogP contribution in [-0.2, 0) is 13.0 Å². The van der Waals surface area contributed by atoms with Crippen molar-refractivity contribution in [2.45, 2.75) is 19.9 Å². The number of rotatable bonds is 4. The molecule has 2 aromatic rings. The van der Waals surface area contributed by atoms with Gasteiger partial charge in [-0.2, -0.15) is 0 Å². The summed E-state index contributed by atoms with van der Waals surface area (Å²) in [6, 6.07) is 7.85. The lowest BCUT2D eigenvalue weighted by Gasteiger charge is -2.09. The highest BCUT2D eigenvalue weighted by Gasteiger charge is 2.11. The first kappa shape index (κ1) is 14.7. The first-order chi connectivity index (χ1) is 9.61. The Morgan fingerprint density at radius 1 is 1.40 bits per heavy atom. The second kappa shape index (κ2) is 6.61. The molecule has 0 spiro atoms. The van der Waals surface area contributed by atoms with E-state index in [4.69, 9.17) is 0 Å². The minimum atomic E-state index is -0.383. The van der Waals surface area contributed by atoms with Crippen molar-refractivity contribution in [1.29, 1.82) is 0 Å². The van der Waals surface area contributed by atoms with Crippen LogP contribution in [-0.4, -0.2) is 10.9 Å². The summed E-state index contributed by atoms with van der Waals surface area (Å²) in [6.45, 7) is 2.39. The molecule has 0 aliphatic rings. The number of hydrogen-bond donors (Lipinski definition) is 1. The molecular weight excluding hydrogens is 323 g/mol. The Bertz CT molecular complexity index is 631. The minimum absolute atomic E-state index is 0.260. The third-order valence-electron chi connectivity index (χ3n) is 2.96. The second-order valence-electron chi connectivity index (χ2n) is 4.27. The van der Waals surface area contributed by atoms with Gasteiger partial charge in [0, 0.05) is 10.7 Å². The molecule has 0 fully saturated rings. The summed E-state index contributed by atoms with van der Waals surface area (Å²) in [5.74, 6) is -0.643. The number of nitrogens with zero attached hydrogens (tertiary/aromatic N) is 1. The molecule has 104 valence electrons. The SMILES string of the molecule is CCc1cccnc1CNC(=O)c1ccc(F)cc1Br. The molecule has 1 heterocycles. The zero-order valence-corrected chi connectivity index (χ0v) is 12.6. The van der Waals surface area contributed by atoms with Crippen LogP contribution in [0.2, 0.25) is 0 Å². The Hall–Kier alpha value is -1.75. The lowest BCUT2D eigenvalue weighted by Crippen LogP contribution is -2.24. The number of hydrogen-bond acceptors (Lipinski definition) is 2. The Kier molecular flexibility index (Phi) is 4.84. The molecule has 1 N–H and O–H groups in total. The van der Waals surface area contributed by atoms with E-state index >= 15 is 0 Å². The van der Waals surface area contributed by atoms with Crippen LogP contribution in [0.4, 0.5) is 4.39 Å². The summed E-state index contributed by atoms with van der Waals surface area (Å²) in [6.07, 6.45) is 2.56. The smallest absolute Gasteiger partial charge is 0.252 e. The lowest BCUT2D eigenvalue weighted by molar-refractivity contribution is 0.0949. The van der Waals surface area contributed by atoms with Gasteiger partial charge in [-0.25, -0.2) is 4.39 Å². The fourth-order valence-electron chi connectivity index (χ4n) is 1.89. The number of carbonyl (C=O) groups excluding carboxylic acids is 1. The third kappa shape index (κ3) is 3.42. The number of halogens is 2. The molecule has 3 nitrogen and oxygen atoms in total. The molecule has 0 bridgehead atoms. The Labute approximate surface area is 125 Å². The van der Waals surface area contributed by atoms with Gasteiger partial charge in [-0.15, -0.1) is 0 Å². The van der Waals surface area contributed by atoms with Gasteiger partial charge in [-0.1, -0.05) is 13.0 Å². The molecular formula is C15H14BrFN2O. The van der Waals surface area contributed by atoms with Gasteiger partial charge in [0.15, 0.2) is 0 Å². The summed E-state index contributed by atoms with van der Waals surface area (Å²) >= 11 is 3.19. The van der Waals surface area contributed by atoms with E-state index in [0.717, 1.165) is 17.7 Å². The maximum Gasteiger partial charge on any atom is 0.252 e. The van der Waals surface area contributed by atoms with Gasteiger partial charge < -0.3 is 5.32 Å². The molecule has 0 radical (unpaired) electrons. The van der Waals surface area contributed by atoms with Crippen molar-refractivity contribution in [3.8, 4) is 0 Å². The molecule has 1 aromatic carbocycles. The molecule has 0 aliphatic carbocycles. The molecule has 0 aliphatic heterocycles. The fraction of sp³-hybridized carbons (Fsp3) is 0.200. The number of carbonyl (C=O) groups is 1. The summed E-state index contributed by atoms with van der Waals surface area (Å²) < 4.78 is 13.4. The van der Waals surface area contributed by atoms with Gasteiger partial charge in [-0.3, -0.25) is 9.78 Å². The van der Waals surface area contributed by atoms with Crippen molar-refractivity contribution < 1.29 is 9.18 Å². The maximum atomic E-state index is 13.0. The van der Waals surface area contributed by atoms with E-state index in [1.807, 2.05) is 19.1 Å². The molecule has 0 unspecified atom stereocenters. The van der Waals surface area contributed by atoms with Gasteiger partial charge >= 0.3 is 0 Å². The molecule has 1 aromatic heterocycles. The predicted molar refractivity (Wildman–Crippen MR) is 78.9 cm³/mol. The topological polar surface area (TPSA) is 42.0 Å². The summed E-state index contributed by atoms with van der Waals surface area (Å²) in [4.78, 5) is 16.3. The van der Waals surface area contributed by atoms with Crippen molar-refractivity contribution in [1.82, 2.24) is 10.3 Å². The van der Waals surface area contributed by atoms with Crippen LogP contribution in [0.3, 0.4) is 0 Å². The van der Waals surface area contributed by atoms with Crippen molar-refractivity contribution in [2.75, 3.05) is 0 Å². The summed E-state index contributed by atoms with van der Waals surface area (Å²) in [5, 5.41) is 2.80. The van der Waals surface area contributed by atoms with E-state index < -0.39 is 0 Å². The number of benzene rings is 1. The standard InChI is InChI=1S/C15H14BrFN2O/c1-2-10-4-3-7-18-14(10)9-19-15(20)12-6-5-11(17)8-13(12)16/h3-8H,2,9H2,1H3,(H,19,20). The van der Waals surface area contributed by atoms with E-state index in [-0.39, 0.29) is 11.7 Å². The van der Waals surface area contributed by atoms with Crippen molar-refractivity contribution in [3.05, 3.63) is 63.6 Å². The highest BCUT2D eigenvalue weighted by Crippen LogP contribution is 2.18. The van der Waals surface area contributed by atoms with E-state index in [2.05, 4.69) is 26.2 Å². The molecule has 20 heavy (non-hydrogen) atoms. The van der Waals surface area contributed by atoms with Crippen LogP contribution < -0.4 is 5.32 Å². The molecule has 0 saturated heterocycles. The van der Waals surface area contributed by atoms with Gasteiger partial charge in [0.05, 0.1) is 17.8 Å². The Morgan fingerprint density at radius 3 is 2.90 bits per heavy atom. The second-order valence-corrected chi connectivity index (χ2v) is 5.12. The Balaban J connectivity index is 2.09. The lowest BCUT2D eigenvalue weighted by atomic mass is 10.1. The van der Waals surface area contributed by atoms with Crippen LogP contribution in [0.5, 0.6) is 0 Å². The quantitative estimate of drug-likeness (QED) is 0.928.